The number of carbonyl (C=O) groups is 3. The molecule has 0 saturated heterocycles. The van der Waals surface area contributed by atoms with E-state index in [0.717, 1.165) is 29.7 Å². The second kappa shape index (κ2) is 7.56. The van der Waals surface area contributed by atoms with Gasteiger partial charge < -0.3 is 16.2 Å². The van der Waals surface area contributed by atoms with E-state index in [1.165, 1.54) is 11.3 Å². The van der Waals surface area contributed by atoms with Gasteiger partial charge in [0.15, 0.2) is 0 Å². The summed E-state index contributed by atoms with van der Waals surface area (Å²) in [5.74, 6) is -1.37. The highest BCUT2D eigenvalue weighted by atomic mass is 32.1. The molecule has 2 rings (SSSR count). The lowest BCUT2D eigenvalue weighted by molar-refractivity contribution is -0.151. The normalized spacial score (nSPS) is 17.0. The minimum absolute atomic E-state index is 0.119. The van der Waals surface area contributed by atoms with Crippen LogP contribution in [-0.2, 0) is 22.4 Å². The van der Waals surface area contributed by atoms with Crippen LogP contribution in [0.5, 0.6) is 0 Å². The number of nitrogens with two attached hydrogens (primary N) is 1. The Bertz CT molecular complexity index is 691. The fourth-order valence-electron chi connectivity index (χ4n) is 3.46. The van der Waals surface area contributed by atoms with Gasteiger partial charge in [0.05, 0.1) is 11.0 Å². The van der Waals surface area contributed by atoms with Crippen LogP contribution in [0.15, 0.2) is 0 Å². The van der Waals surface area contributed by atoms with E-state index in [2.05, 4.69) is 12.2 Å². The Hall–Kier alpha value is -1.89. The predicted molar refractivity (Wildman–Crippen MR) is 97.9 cm³/mol. The molecule has 1 aromatic rings. The summed E-state index contributed by atoms with van der Waals surface area (Å²) in [6, 6.07) is 0. The molecule has 25 heavy (non-hydrogen) atoms. The van der Waals surface area contributed by atoms with Crippen molar-refractivity contribution >= 4 is 34.1 Å². The summed E-state index contributed by atoms with van der Waals surface area (Å²) in [4.78, 5) is 37.1. The first-order valence-electron chi connectivity index (χ1n) is 8.71. The van der Waals surface area contributed by atoms with Gasteiger partial charge in [0, 0.05) is 11.3 Å². The highest BCUT2D eigenvalue weighted by Gasteiger charge is 2.37. The zero-order valence-electron chi connectivity index (χ0n) is 15.0. The Labute approximate surface area is 151 Å². The van der Waals surface area contributed by atoms with E-state index in [0.29, 0.717) is 29.3 Å². The molecule has 7 heteroatoms. The average molecular weight is 366 g/mol. The number of anilines is 1. The van der Waals surface area contributed by atoms with Crippen LogP contribution in [0, 0.1) is 11.3 Å². The van der Waals surface area contributed by atoms with Gasteiger partial charge in [0.1, 0.15) is 5.00 Å². The number of nitrogens with one attached hydrogen (secondary N) is 1. The first-order valence-corrected chi connectivity index (χ1v) is 9.53. The zero-order valence-corrected chi connectivity index (χ0v) is 15.8. The molecule has 2 amide bonds. The van der Waals surface area contributed by atoms with E-state index >= 15 is 0 Å². The van der Waals surface area contributed by atoms with Crippen molar-refractivity contribution in [2.75, 3.05) is 5.32 Å². The molecule has 1 atom stereocenters. The summed E-state index contributed by atoms with van der Waals surface area (Å²) in [7, 11) is 0. The molecule has 1 heterocycles. The highest BCUT2D eigenvalue weighted by Crippen LogP contribution is 2.40. The monoisotopic (exact) mass is 366 g/mol. The minimum atomic E-state index is -1.08. The number of amides is 2. The van der Waals surface area contributed by atoms with Gasteiger partial charge in [-0.1, -0.05) is 20.8 Å². The number of hydrogen-bond donors (Lipinski definition) is 3. The van der Waals surface area contributed by atoms with Crippen molar-refractivity contribution in [2.45, 2.75) is 59.3 Å². The van der Waals surface area contributed by atoms with Gasteiger partial charge in [-0.2, -0.15) is 0 Å². The van der Waals surface area contributed by atoms with Crippen LogP contribution in [0.25, 0.3) is 0 Å². The smallest absolute Gasteiger partial charge is 0.310 e. The molecule has 4 N–H and O–H groups in total. The van der Waals surface area contributed by atoms with E-state index in [9.17, 15) is 19.5 Å². The average Bonchev–Trinajstić information content (AvgIpc) is 2.89. The van der Waals surface area contributed by atoms with Gasteiger partial charge >= 0.3 is 5.97 Å². The Morgan fingerprint density at radius 3 is 2.48 bits per heavy atom. The van der Waals surface area contributed by atoms with Crippen LogP contribution in [0.3, 0.4) is 0 Å². The first kappa shape index (κ1) is 19.4. The Kier molecular flexibility index (Phi) is 5.87. The van der Waals surface area contributed by atoms with Gasteiger partial charge in [-0.25, -0.2) is 0 Å². The second-order valence-electron chi connectivity index (χ2n) is 6.94. The van der Waals surface area contributed by atoms with Crippen LogP contribution in [-0.4, -0.2) is 22.9 Å². The molecule has 0 fully saturated rings. The summed E-state index contributed by atoms with van der Waals surface area (Å²) in [6.07, 6.45) is 3.27. The summed E-state index contributed by atoms with van der Waals surface area (Å²) >= 11 is 1.39. The molecule has 1 aliphatic carbocycles. The van der Waals surface area contributed by atoms with Crippen molar-refractivity contribution < 1.29 is 19.5 Å². The van der Waals surface area contributed by atoms with E-state index in [1.54, 1.807) is 13.8 Å². The molecule has 6 nitrogen and oxygen atoms in total. The number of rotatable bonds is 7. The van der Waals surface area contributed by atoms with Crippen molar-refractivity contribution in [1.29, 1.82) is 0 Å². The first-order chi connectivity index (χ1) is 11.7. The standard InChI is InChI=1S/C18H26N2O4S/c1-4-18(5-2,17(23)24)9-13(21)20-16-14(15(19)22)11-7-6-10(3)8-12(11)25-16/h10H,4-9H2,1-3H3,(H2,19,22)(H,20,21)(H,23,24). The molecule has 0 aromatic carbocycles. The Balaban J connectivity index is 2.26. The van der Waals surface area contributed by atoms with Crippen LogP contribution in [0.2, 0.25) is 0 Å². The molecule has 1 unspecified atom stereocenters. The number of carbonyl (C=O) groups excluding carboxylic acids is 2. The number of primary amides is 1. The number of aliphatic carboxylic acids is 1. The van der Waals surface area contributed by atoms with E-state index in [4.69, 9.17) is 5.73 Å². The van der Waals surface area contributed by atoms with E-state index < -0.39 is 17.3 Å². The maximum absolute atomic E-state index is 12.5. The van der Waals surface area contributed by atoms with Crippen molar-refractivity contribution in [3.05, 3.63) is 16.0 Å². The lowest BCUT2D eigenvalue weighted by atomic mass is 9.79. The number of carboxylic acids is 1. The number of fused-ring (bicyclic) bond motifs is 1. The zero-order chi connectivity index (χ0) is 18.8. The van der Waals surface area contributed by atoms with Gasteiger partial charge in [0.25, 0.3) is 5.91 Å². The highest BCUT2D eigenvalue weighted by molar-refractivity contribution is 7.17. The lowest BCUT2D eigenvalue weighted by Gasteiger charge is -2.25. The number of hydrogen-bond acceptors (Lipinski definition) is 4. The van der Waals surface area contributed by atoms with Crippen molar-refractivity contribution in [2.24, 2.45) is 17.1 Å². The molecule has 0 bridgehead atoms. The molecular formula is C18H26N2O4S. The SMILES string of the molecule is CCC(CC)(CC(=O)Nc1sc2c(c1C(N)=O)CCC(C)C2)C(=O)O. The number of thiophene rings is 1. The second-order valence-corrected chi connectivity index (χ2v) is 8.04. The Morgan fingerprint density at radius 2 is 1.96 bits per heavy atom. The molecule has 138 valence electrons. The molecule has 1 aromatic heterocycles. The fourth-order valence-corrected chi connectivity index (χ4v) is 4.89. The molecule has 0 aliphatic heterocycles. The van der Waals surface area contributed by atoms with Crippen LogP contribution >= 0.6 is 11.3 Å². The largest absolute Gasteiger partial charge is 0.481 e. The quantitative estimate of drug-likeness (QED) is 0.688. The molecule has 1 aliphatic rings. The third-order valence-corrected chi connectivity index (χ3v) is 6.49. The van der Waals surface area contributed by atoms with Crippen LogP contribution in [0.1, 0.15) is 67.3 Å². The summed E-state index contributed by atoms with van der Waals surface area (Å²) in [6.45, 7) is 5.70. The third kappa shape index (κ3) is 3.86. The van der Waals surface area contributed by atoms with Gasteiger partial charge in [0.2, 0.25) is 5.91 Å². The minimum Gasteiger partial charge on any atom is -0.481 e. The maximum Gasteiger partial charge on any atom is 0.310 e. The number of carboxylic acid groups (broad SMARTS) is 1. The summed E-state index contributed by atoms with van der Waals surface area (Å²) in [5, 5.41) is 12.7. The van der Waals surface area contributed by atoms with Crippen LogP contribution < -0.4 is 11.1 Å². The lowest BCUT2D eigenvalue weighted by Crippen LogP contribution is -2.34. The van der Waals surface area contributed by atoms with Crippen molar-refractivity contribution in [3.8, 4) is 0 Å². The van der Waals surface area contributed by atoms with E-state index in [1.807, 2.05) is 0 Å². The predicted octanol–water partition coefficient (Wildman–Crippen LogP) is 3.19. The van der Waals surface area contributed by atoms with E-state index in [-0.39, 0.29) is 12.3 Å². The van der Waals surface area contributed by atoms with Gasteiger partial charge in [-0.3, -0.25) is 14.4 Å². The van der Waals surface area contributed by atoms with Gasteiger partial charge in [-0.15, -0.1) is 11.3 Å². The molecule has 0 saturated carbocycles. The summed E-state index contributed by atoms with van der Waals surface area (Å²) < 4.78 is 0. The van der Waals surface area contributed by atoms with Crippen molar-refractivity contribution in [1.82, 2.24) is 0 Å². The van der Waals surface area contributed by atoms with Gasteiger partial charge in [-0.05, 0) is 43.6 Å². The molecule has 0 spiro atoms. The maximum atomic E-state index is 12.5. The summed E-state index contributed by atoms with van der Waals surface area (Å²) in [5.41, 5.74) is 5.81. The Morgan fingerprint density at radius 1 is 1.32 bits per heavy atom. The van der Waals surface area contributed by atoms with Crippen molar-refractivity contribution in [3.63, 3.8) is 0 Å². The fraction of sp³-hybridized carbons (Fsp3) is 0.611. The third-order valence-electron chi connectivity index (χ3n) is 5.32. The topological polar surface area (TPSA) is 109 Å². The van der Waals surface area contributed by atoms with Crippen LogP contribution in [0.4, 0.5) is 5.00 Å². The molecule has 0 radical (unpaired) electrons. The molecular weight excluding hydrogens is 340 g/mol.